The smallest absolute Gasteiger partial charge is 0.282 e. The number of amides is 1. The molecular weight excluding hydrogens is 242 g/mol. The standard InChI is InChI=1S/C15H21NOS/c1-12-8-4-5-9-14(12)13(2)18-15(17)16-10-6-3-7-11-16/h4-5,8-9,13H,3,6-7,10-11H2,1-2H3. The Kier molecular flexibility index (Phi) is 4.70. The van der Waals surface area contributed by atoms with Crippen LogP contribution in [0.3, 0.4) is 0 Å². The van der Waals surface area contributed by atoms with Gasteiger partial charge in [-0.2, -0.15) is 0 Å². The van der Waals surface area contributed by atoms with Crippen LogP contribution in [-0.2, 0) is 0 Å². The van der Waals surface area contributed by atoms with Crippen LogP contribution in [0, 0.1) is 6.92 Å². The molecule has 0 bridgehead atoms. The van der Waals surface area contributed by atoms with Gasteiger partial charge in [-0.05, 0) is 44.2 Å². The van der Waals surface area contributed by atoms with Gasteiger partial charge in [0.25, 0.3) is 5.24 Å². The topological polar surface area (TPSA) is 20.3 Å². The minimum atomic E-state index is 0.237. The molecule has 1 unspecified atom stereocenters. The molecule has 0 radical (unpaired) electrons. The van der Waals surface area contributed by atoms with Crippen LogP contribution in [-0.4, -0.2) is 23.2 Å². The molecule has 98 valence electrons. The van der Waals surface area contributed by atoms with Crippen LogP contribution in [0.15, 0.2) is 24.3 Å². The number of hydrogen-bond donors (Lipinski definition) is 0. The summed E-state index contributed by atoms with van der Waals surface area (Å²) in [5, 5.41) is 0.478. The van der Waals surface area contributed by atoms with Crippen molar-refractivity contribution in [3.8, 4) is 0 Å². The van der Waals surface area contributed by atoms with E-state index in [1.165, 1.54) is 29.3 Å². The van der Waals surface area contributed by atoms with Gasteiger partial charge in [-0.3, -0.25) is 4.79 Å². The maximum Gasteiger partial charge on any atom is 0.282 e. The Hall–Kier alpha value is -0.960. The van der Waals surface area contributed by atoms with Crippen molar-refractivity contribution < 1.29 is 4.79 Å². The van der Waals surface area contributed by atoms with Gasteiger partial charge in [-0.1, -0.05) is 36.0 Å². The molecule has 0 N–H and O–H groups in total. The van der Waals surface area contributed by atoms with E-state index in [2.05, 4.69) is 26.0 Å². The predicted molar refractivity (Wildman–Crippen MR) is 78.0 cm³/mol. The first kappa shape index (κ1) is 13.5. The van der Waals surface area contributed by atoms with Gasteiger partial charge in [-0.25, -0.2) is 0 Å². The van der Waals surface area contributed by atoms with E-state index in [1.54, 1.807) is 0 Å². The van der Waals surface area contributed by atoms with Crippen LogP contribution in [0.1, 0.15) is 42.6 Å². The number of piperidine rings is 1. The van der Waals surface area contributed by atoms with Gasteiger partial charge in [0.05, 0.1) is 0 Å². The molecule has 0 aromatic heterocycles. The first-order valence-electron chi connectivity index (χ1n) is 6.69. The molecule has 1 amide bonds. The Morgan fingerprint density at radius 1 is 1.22 bits per heavy atom. The van der Waals surface area contributed by atoms with E-state index < -0.39 is 0 Å². The summed E-state index contributed by atoms with van der Waals surface area (Å²) in [7, 11) is 0. The Morgan fingerprint density at radius 2 is 1.89 bits per heavy atom. The largest absolute Gasteiger partial charge is 0.334 e. The molecule has 1 fully saturated rings. The summed E-state index contributed by atoms with van der Waals surface area (Å²) >= 11 is 1.46. The fourth-order valence-corrected chi connectivity index (χ4v) is 3.43. The molecule has 2 rings (SSSR count). The molecular formula is C15H21NOS. The van der Waals surface area contributed by atoms with E-state index in [-0.39, 0.29) is 10.5 Å². The first-order chi connectivity index (χ1) is 8.68. The number of thioether (sulfide) groups is 1. The lowest BCUT2D eigenvalue weighted by Crippen LogP contribution is -2.33. The normalized spacial score (nSPS) is 17.6. The highest BCUT2D eigenvalue weighted by molar-refractivity contribution is 8.13. The highest BCUT2D eigenvalue weighted by Gasteiger charge is 2.20. The number of carbonyl (C=O) groups excluding carboxylic acids is 1. The van der Waals surface area contributed by atoms with E-state index in [1.807, 2.05) is 17.0 Å². The number of carbonyl (C=O) groups is 1. The van der Waals surface area contributed by atoms with Gasteiger partial charge in [0.15, 0.2) is 0 Å². The lowest BCUT2D eigenvalue weighted by atomic mass is 10.1. The van der Waals surface area contributed by atoms with Crippen molar-refractivity contribution in [3.05, 3.63) is 35.4 Å². The zero-order chi connectivity index (χ0) is 13.0. The maximum absolute atomic E-state index is 12.2. The molecule has 1 aromatic rings. The van der Waals surface area contributed by atoms with Crippen LogP contribution in [0.4, 0.5) is 4.79 Å². The first-order valence-corrected chi connectivity index (χ1v) is 7.57. The van der Waals surface area contributed by atoms with E-state index in [4.69, 9.17) is 0 Å². The summed E-state index contributed by atoms with van der Waals surface area (Å²) in [4.78, 5) is 14.2. The molecule has 0 aliphatic carbocycles. The molecule has 18 heavy (non-hydrogen) atoms. The van der Waals surface area contributed by atoms with Crippen molar-refractivity contribution >= 4 is 17.0 Å². The number of benzene rings is 1. The monoisotopic (exact) mass is 263 g/mol. The average molecular weight is 263 g/mol. The lowest BCUT2D eigenvalue weighted by Gasteiger charge is -2.27. The number of nitrogens with zero attached hydrogens (tertiary/aromatic N) is 1. The Morgan fingerprint density at radius 3 is 2.56 bits per heavy atom. The molecule has 1 heterocycles. The van der Waals surface area contributed by atoms with Crippen molar-refractivity contribution in [2.45, 2.75) is 38.4 Å². The van der Waals surface area contributed by atoms with E-state index in [0.717, 1.165) is 25.9 Å². The minimum absolute atomic E-state index is 0.237. The summed E-state index contributed by atoms with van der Waals surface area (Å²) in [5.74, 6) is 0. The number of hydrogen-bond acceptors (Lipinski definition) is 2. The highest BCUT2D eigenvalue weighted by Crippen LogP contribution is 2.32. The fourth-order valence-electron chi connectivity index (χ4n) is 2.41. The molecule has 1 aliphatic rings. The second kappa shape index (κ2) is 6.28. The van der Waals surface area contributed by atoms with Crippen LogP contribution in [0.5, 0.6) is 0 Å². The van der Waals surface area contributed by atoms with Gasteiger partial charge in [-0.15, -0.1) is 0 Å². The van der Waals surface area contributed by atoms with Crippen LogP contribution in [0.2, 0.25) is 0 Å². The van der Waals surface area contributed by atoms with Crippen molar-refractivity contribution in [1.82, 2.24) is 4.90 Å². The second-order valence-electron chi connectivity index (χ2n) is 4.93. The van der Waals surface area contributed by atoms with Gasteiger partial charge in [0.2, 0.25) is 0 Å². The lowest BCUT2D eigenvalue weighted by molar-refractivity contribution is 0.211. The predicted octanol–water partition coefficient (Wildman–Crippen LogP) is 4.40. The maximum atomic E-state index is 12.2. The molecule has 3 heteroatoms. The van der Waals surface area contributed by atoms with Crippen molar-refractivity contribution in [1.29, 1.82) is 0 Å². The van der Waals surface area contributed by atoms with Crippen molar-refractivity contribution in [2.75, 3.05) is 13.1 Å². The quantitative estimate of drug-likeness (QED) is 0.788. The Bertz CT molecular complexity index is 413. The molecule has 2 nitrogen and oxygen atoms in total. The number of likely N-dealkylation sites (tertiary alicyclic amines) is 1. The number of rotatable bonds is 2. The average Bonchev–Trinajstić information content (AvgIpc) is 2.40. The summed E-state index contributed by atoms with van der Waals surface area (Å²) in [5.41, 5.74) is 2.54. The van der Waals surface area contributed by atoms with Crippen LogP contribution >= 0.6 is 11.8 Å². The number of aryl methyl sites for hydroxylation is 1. The molecule has 1 aromatic carbocycles. The third-order valence-corrected chi connectivity index (χ3v) is 4.59. The summed E-state index contributed by atoms with van der Waals surface area (Å²) in [6.45, 7) is 6.10. The highest BCUT2D eigenvalue weighted by atomic mass is 32.2. The van der Waals surface area contributed by atoms with Gasteiger partial charge in [0.1, 0.15) is 0 Å². The fraction of sp³-hybridized carbons (Fsp3) is 0.533. The third-order valence-electron chi connectivity index (χ3n) is 3.52. The summed E-state index contributed by atoms with van der Waals surface area (Å²) < 4.78 is 0. The molecule has 1 aliphatic heterocycles. The Labute approximate surface area is 114 Å². The summed E-state index contributed by atoms with van der Waals surface area (Å²) in [6.07, 6.45) is 3.58. The molecule has 0 spiro atoms. The minimum Gasteiger partial charge on any atom is -0.334 e. The second-order valence-corrected chi connectivity index (χ2v) is 6.22. The summed E-state index contributed by atoms with van der Waals surface area (Å²) in [6, 6.07) is 8.32. The van der Waals surface area contributed by atoms with E-state index in [0.29, 0.717) is 0 Å². The molecule has 0 saturated carbocycles. The molecule has 1 saturated heterocycles. The van der Waals surface area contributed by atoms with Gasteiger partial charge in [0, 0.05) is 18.3 Å². The van der Waals surface area contributed by atoms with Crippen LogP contribution in [0.25, 0.3) is 0 Å². The van der Waals surface area contributed by atoms with Gasteiger partial charge >= 0.3 is 0 Å². The zero-order valence-electron chi connectivity index (χ0n) is 11.2. The zero-order valence-corrected chi connectivity index (χ0v) is 12.0. The van der Waals surface area contributed by atoms with Crippen LogP contribution < -0.4 is 0 Å². The van der Waals surface area contributed by atoms with Gasteiger partial charge < -0.3 is 4.90 Å². The van der Waals surface area contributed by atoms with Crippen molar-refractivity contribution in [3.63, 3.8) is 0 Å². The van der Waals surface area contributed by atoms with E-state index in [9.17, 15) is 4.79 Å². The Balaban J connectivity index is 1.96. The molecule has 1 atom stereocenters. The van der Waals surface area contributed by atoms with Crippen molar-refractivity contribution in [2.24, 2.45) is 0 Å². The third kappa shape index (κ3) is 3.29. The SMILES string of the molecule is Cc1ccccc1C(C)SC(=O)N1CCCCC1. The van der Waals surface area contributed by atoms with E-state index >= 15 is 0 Å².